The van der Waals surface area contributed by atoms with Gasteiger partial charge in [-0.25, -0.2) is 0 Å². The van der Waals surface area contributed by atoms with Gasteiger partial charge in [0.25, 0.3) is 0 Å². The minimum absolute atomic E-state index is 0.178. The Bertz CT molecular complexity index is 915. The van der Waals surface area contributed by atoms with Crippen molar-refractivity contribution in [2.45, 2.75) is 18.5 Å². The average molecular weight is 407 g/mol. The highest BCUT2D eigenvalue weighted by Gasteiger charge is 2.15. The van der Waals surface area contributed by atoms with Crippen molar-refractivity contribution >= 4 is 46.6 Å². The number of hydrogen-bond donors (Lipinski definition) is 1. The van der Waals surface area contributed by atoms with Gasteiger partial charge < -0.3 is 5.32 Å². The Hall–Kier alpha value is -2.02. The zero-order chi connectivity index (χ0) is 18.5. The van der Waals surface area contributed by atoms with Crippen LogP contribution in [0.1, 0.15) is 12.7 Å². The van der Waals surface area contributed by atoms with Gasteiger partial charge in [0.05, 0.1) is 16.5 Å². The minimum Gasteiger partial charge on any atom is -0.324 e. The number of aromatic nitrogens is 3. The van der Waals surface area contributed by atoms with Gasteiger partial charge in [-0.15, -0.1) is 10.2 Å². The van der Waals surface area contributed by atoms with Crippen molar-refractivity contribution in [1.29, 1.82) is 0 Å². The number of halogens is 2. The number of anilines is 1. The molecule has 1 N–H and O–H groups in total. The molecule has 1 amide bonds. The Balaban J connectivity index is 1.73. The topological polar surface area (TPSA) is 59.8 Å². The fraction of sp³-hybridized carbons (Fsp3) is 0.167. The third-order valence-electron chi connectivity index (χ3n) is 3.57. The van der Waals surface area contributed by atoms with Crippen molar-refractivity contribution in [3.8, 4) is 5.69 Å². The van der Waals surface area contributed by atoms with E-state index in [0.29, 0.717) is 20.9 Å². The maximum atomic E-state index is 12.3. The summed E-state index contributed by atoms with van der Waals surface area (Å²) in [5.41, 5.74) is 1.46. The molecule has 0 aliphatic carbocycles. The van der Waals surface area contributed by atoms with Crippen molar-refractivity contribution in [2.75, 3.05) is 11.1 Å². The second kappa shape index (κ2) is 8.58. The first-order chi connectivity index (χ1) is 12.6. The number of aryl methyl sites for hydroxylation is 1. The number of hydrogen-bond acceptors (Lipinski definition) is 4. The smallest absolute Gasteiger partial charge is 0.234 e. The van der Waals surface area contributed by atoms with Crippen LogP contribution >= 0.6 is 35.0 Å². The number of nitrogens with one attached hydrogen (secondary N) is 1. The van der Waals surface area contributed by atoms with E-state index >= 15 is 0 Å². The molecule has 134 valence electrons. The molecule has 0 saturated carbocycles. The zero-order valence-electron chi connectivity index (χ0n) is 13.9. The molecule has 0 fully saturated rings. The average Bonchev–Trinajstić information content (AvgIpc) is 3.07. The zero-order valence-corrected chi connectivity index (χ0v) is 16.3. The van der Waals surface area contributed by atoms with E-state index in [1.807, 2.05) is 41.8 Å². The van der Waals surface area contributed by atoms with E-state index < -0.39 is 0 Å². The summed E-state index contributed by atoms with van der Waals surface area (Å²) in [6.07, 6.45) is 0.743. The molecule has 0 aliphatic rings. The molecule has 2 aromatic carbocycles. The molecular weight excluding hydrogens is 391 g/mol. The van der Waals surface area contributed by atoms with Crippen molar-refractivity contribution < 1.29 is 4.79 Å². The molecular formula is C18H16Cl2N4OS. The number of nitrogens with zero attached hydrogens (tertiary/aromatic N) is 3. The summed E-state index contributed by atoms with van der Waals surface area (Å²) in [6, 6.07) is 14.8. The number of rotatable bonds is 6. The van der Waals surface area contributed by atoms with Gasteiger partial charge in [-0.1, -0.05) is 60.1 Å². The van der Waals surface area contributed by atoms with Gasteiger partial charge in [-0.3, -0.25) is 9.36 Å². The van der Waals surface area contributed by atoms with Crippen molar-refractivity contribution in [3.63, 3.8) is 0 Å². The summed E-state index contributed by atoms with van der Waals surface area (Å²) in [4.78, 5) is 12.3. The maximum absolute atomic E-state index is 12.3. The molecule has 0 atom stereocenters. The number of carbonyl (C=O) groups is 1. The van der Waals surface area contributed by atoms with Gasteiger partial charge in [0, 0.05) is 17.1 Å². The Morgan fingerprint density at radius 3 is 2.65 bits per heavy atom. The molecule has 26 heavy (non-hydrogen) atoms. The number of amides is 1. The molecule has 0 unspecified atom stereocenters. The van der Waals surface area contributed by atoms with Gasteiger partial charge in [0.1, 0.15) is 5.82 Å². The molecule has 3 rings (SSSR count). The van der Waals surface area contributed by atoms with Crippen LogP contribution in [0.25, 0.3) is 5.69 Å². The minimum atomic E-state index is -0.195. The number of para-hydroxylation sites is 1. The lowest BCUT2D eigenvalue weighted by atomic mass is 10.3. The summed E-state index contributed by atoms with van der Waals surface area (Å²) >= 11 is 13.3. The van der Waals surface area contributed by atoms with Gasteiger partial charge in [-0.2, -0.15) is 0 Å². The quantitative estimate of drug-likeness (QED) is 0.593. The Morgan fingerprint density at radius 1 is 1.15 bits per heavy atom. The van der Waals surface area contributed by atoms with E-state index in [0.717, 1.165) is 17.9 Å². The second-order valence-corrected chi connectivity index (χ2v) is 7.17. The first-order valence-electron chi connectivity index (χ1n) is 7.96. The maximum Gasteiger partial charge on any atom is 0.234 e. The normalized spacial score (nSPS) is 10.7. The number of carbonyl (C=O) groups excluding carboxylic acids is 1. The highest BCUT2D eigenvalue weighted by atomic mass is 35.5. The predicted molar refractivity (Wildman–Crippen MR) is 107 cm³/mol. The standard InChI is InChI=1S/C18H16Cl2N4OS/c1-2-16-22-23-18(24(16)13-6-4-3-5-7-13)26-11-17(25)21-15-10-12(19)8-9-14(15)20/h3-10H,2,11H2,1H3,(H,21,25). The van der Waals surface area contributed by atoms with Crippen LogP contribution in [0.3, 0.4) is 0 Å². The summed E-state index contributed by atoms with van der Waals surface area (Å²) in [5, 5.41) is 12.8. The second-order valence-electron chi connectivity index (χ2n) is 5.38. The molecule has 0 spiro atoms. The Kier molecular flexibility index (Phi) is 6.19. The van der Waals surface area contributed by atoms with Crippen molar-refractivity contribution in [2.24, 2.45) is 0 Å². The predicted octanol–water partition coefficient (Wildman–Crippen LogP) is 4.87. The van der Waals surface area contributed by atoms with Crippen molar-refractivity contribution in [1.82, 2.24) is 14.8 Å². The lowest BCUT2D eigenvalue weighted by Crippen LogP contribution is -2.15. The fourth-order valence-electron chi connectivity index (χ4n) is 2.37. The van der Waals surface area contributed by atoms with E-state index in [2.05, 4.69) is 15.5 Å². The summed E-state index contributed by atoms with van der Waals surface area (Å²) < 4.78 is 1.96. The lowest BCUT2D eigenvalue weighted by molar-refractivity contribution is -0.113. The molecule has 3 aromatic rings. The molecule has 1 heterocycles. The van der Waals surface area contributed by atoms with Gasteiger partial charge in [0.2, 0.25) is 5.91 Å². The highest BCUT2D eigenvalue weighted by molar-refractivity contribution is 7.99. The van der Waals surface area contributed by atoms with Gasteiger partial charge >= 0.3 is 0 Å². The lowest BCUT2D eigenvalue weighted by Gasteiger charge is -2.10. The molecule has 0 radical (unpaired) electrons. The third-order valence-corrected chi connectivity index (χ3v) is 5.06. The van der Waals surface area contributed by atoms with Crippen LogP contribution in [-0.2, 0) is 11.2 Å². The largest absolute Gasteiger partial charge is 0.324 e. The first-order valence-corrected chi connectivity index (χ1v) is 9.70. The monoisotopic (exact) mass is 406 g/mol. The highest BCUT2D eigenvalue weighted by Crippen LogP contribution is 2.26. The summed E-state index contributed by atoms with van der Waals surface area (Å²) in [5.74, 6) is 0.828. The SMILES string of the molecule is CCc1nnc(SCC(=O)Nc2cc(Cl)ccc2Cl)n1-c1ccccc1. The van der Waals surface area contributed by atoms with Crippen LogP contribution in [0.4, 0.5) is 5.69 Å². The molecule has 0 bridgehead atoms. The van der Waals surface area contributed by atoms with Crippen LogP contribution in [0.5, 0.6) is 0 Å². The number of benzene rings is 2. The summed E-state index contributed by atoms with van der Waals surface area (Å²) in [6.45, 7) is 2.02. The van der Waals surface area contributed by atoms with E-state index in [1.165, 1.54) is 11.8 Å². The van der Waals surface area contributed by atoms with Gasteiger partial charge in [0.15, 0.2) is 5.16 Å². The fourth-order valence-corrected chi connectivity index (χ4v) is 3.48. The summed E-state index contributed by atoms with van der Waals surface area (Å²) in [7, 11) is 0. The third kappa shape index (κ3) is 4.38. The van der Waals surface area contributed by atoms with Crippen LogP contribution in [-0.4, -0.2) is 26.4 Å². The Morgan fingerprint density at radius 2 is 1.92 bits per heavy atom. The molecule has 1 aromatic heterocycles. The Labute approximate surface area is 165 Å². The number of thioether (sulfide) groups is 1. The van der Waals surface area contributed by atoms with Crippen LogP contribution < -0.4 is 5.32 Å². The first kappa shape index (κ1) is 18.8. The van der Waals surface area contributed by atoms with E-state index in [9.17, 15) is 4.79 Å². The molecule has 0 aliphatic heterocycles. The van der Waals surface area contributed by atoms with E-state index in [1.54, 1.807) is 18.2 Å². The van der Waals surface area contributed by atoms with Crippen LogP contribution in [0, 0.1) is 0 Å². The molecule has 5 nitrogen and oxygen atoms in total. The molecule has 8 heteroatoms. The van der Waals surface area contributed by atoms with E-state index in [-0.39, 0.29) is 11.7 Å². The van der Waals surface area contributed by atoms with Crippen LogP contribution in [0.2, 0.25) is 10.0 Å². The van der Waals surface area contributed by atoms with Crippen LogP contribution in [0.15, 0.2) is 53.7 Å². The van der Waals surface area contributed by atoms with Crippen molar-refractivity contribution in [3.05, 3.63) is 64.4 Å². The van der Waals surface area contributed by atoms with Gasteiger partial charge in [-0.05, 0) is 30.3 Å². The molecule has 0 saturated heterocycles. The van der Waals surface area contributed by atoms with E-state index in [4.69, 9.17) is 23.2 Å².